The van der Waals surface area contributed by atoms with Gasteiger partial charge in [0.1, 0.15) is 12.2 Å². The van der Waals surface area contributed by atoms with Crippen molar-refractivity contribution in [2.24, 2.45) is 0 Å². The molecule has 0 aliphatic heterocycles. The standard InChI is InChI=1S/C9H8FN5O/c10-7-3-6(1-2-11-7)9(16)12-4-8-13-5-14-15-8/h1-3,5H,4H2,(H,12,16)(H,13,14,15). The minimum absolute atomic E-state index is 0.211. The maximum absolute atomic E-state index is 12.7. The van der Waals surface area contributed by atoms with E-state index in [1.807, 2.05) is 0 Å². The number of carbonyl (C=O) groups is 1. The largest absolute Gasteiger partial charge is 0.345 e. The molecule has 0 aliphatic rings. The van der Waals surface area contributed by atoms with E-state index in [-0.39, 0.29) is 12.1 Å². The van der Waals surface area contributed by atoms with Crippen LogP contribution in [0.15, 0.2) is 24.7 Å². The van der Waals surface area contributed by atoms with Gasteiger partial charge in [-0.15, -0.1) is 0 Å². The van der Waals surface area contributed by atoms with Crippen LogP contribution in [0.2, 0.25) is 0 Å². The molecule has 0 bridgehead atoms. The van der Waals surface area contributed by atoms with Crippen LogP contribution >= 0.6 is 0 Å². The average Bonchev–Trinajstić information content (AvgIpc) is 2.78. The minimum atomic E-state index is -0.688. The number of pyridine rings is 1. The molecule has 0 saturated carbocycles. The molecule has 2 rings (SSSR count). The number of hydrogen-bond acceptors (Lipinski definition) is 4. The van der Waals surface area contributed by atoms with Crippen molar-refractivity contribution in [2.75, 3.05) is 0 Å². The molecule has 2 aromatic rings. The van der Waals surface area contributed by atoms with Gasteiger partial charge in [0.25, 0.3) is 5.91 Å². The van der Waals surface area contributed by atoms with Crippen LogP contribution < -0.4 is 5.32 Å². The van der Waals surface area contributed by atoms with E-state index < -0.39 is 11.9 Å². The second-order valence-corrected chi connectivity index (χ2v) is 2.98. The highest BCUT2D eigenvalue weighted by Crippen LogP contribution is 2.00. The van der Waals surface area contributed by atoms with Crippen molar-refractivity contribution in [3.8, 4) is 0 Å². The second-order valence-electron chi connectivity index (χ2n) is 2.98. The number of carbonyl (C=O) groups excluding carboxylic acids is 1. The van der Waals surface area contributed by atoms with Gasteiger partial charge in [-0.1, -0.05) is 0 Å². The van der Waals surface area contributed by atoms with Crippen LogP contribution in [0.4, 0.5) is 4.39 Å². The zero-order valence-electron chi connectivity index (χ0n) is 8.14. The van der Waals surface area contributed by atoms with E-state index in [0.717, 1.165) is 6.07 Å². The van der Waals surface area contributed by atoms with Gasteiger partial charge in [-0.2, -0.15) is 9.49 Å². The summed E-state index contributed by atoms with van der Waals surface area (Å²) in [5.74, 6) is -0.548. The molecular formula is C9H8FN5O. The number of halogens is 1. The fourth-order valence-corrected chi connectivity index (χ4v) is 1.13. The quantitative estimate of drug-likeness (QED) is 0.728. The Balaban J connectivity index is 1.98. The van der Waals surface area contributed by atoms with E-state index in [9.17, 15) is 9.18 Å². The molecule has 2 aromatic heterocycles. The smallest absolute Gasteiger partial charge is 0.251 e. The Hall–Kier alpha value is -2.31. The molecule has 0 aliphatic carbocycles. The Morgan fingerprint density at radius 2 is 2.38 bits per heavy atom. The lowest BCUT2D eigenvalue weighted by atomic mass is 10.2. The Bertz CT molecular complexity index is 484. The summed E-state index contributed by atoms with van der Waals surface area (Å²) in [7, 11) is 0. The molecule has 6 nitrogen and oxygen atoms in total. The summed E-state index contributed by atoms with van der Waals surface area (Å²) >= 11 is 0. The first-order chi connectivity index (χ1) is 7.75. The van der Waals surface area contributed by atoms with Crippen molar-refractivity contribution in [1.29, 1.82) is 0 Å². The maximum Gasteiger partial charge on any atom is 0.251 e. The van der Waals surface area contributed by atoms with Crippen molar-refractivity contribution in [1.82, 2.24) is 25.5 Å². The highest BCUT2D eigenvalue weighted by molar-refractivity contribution is 5.93. The molecule has 0 fully saturated rings. The van der Waals surface area contributed by atoms with Crippen molar-refractivity contribution in [3.05, 3.63) is 42.0 Å². The highest BCUT2D eigenvalue weighted by atomic mass is 19.1. The van der Waals surface area contributed by atoms with Gasteiger partial charge in [0.15, 0.2) is 0 Å². The molecule has 7 heteroatoms. The Kier molecular flexibility index (Phi) is 2.86. The Morgan fingerprint density at radius 3 is 3.06 bits per heavy atom. The third kappa shape index (κ3) is 2.38. The van der Waals surface area contributed by atoms with Crippen LogP contribution in [0.1, 0.15) is 16.2 Å². The number of nitrogens with zero attached hydrogens (tertiary/aromatic N) is 3. The first-order valence-electron chi connectivity index (χ1n) is 4.49. The lowest BCUT2D eigenvalue weighted by Crippen LogP contribution is -2.23. The molecular weight excluding hydrogens is 213 g/mol. The van der Waals surface area contributed by atoms with Gasteiger partial charge in [-0.05, 0) is 6.07 Å². The summed E-state index contributed by atoms with van der Waals surface area (Å²) in [6.07, 6.45) is 2.58. The number of rotatable bonds is 3. The van der Waals surface area contributed by atoms with Gasteiger partial charge in [-0.3, -0.25) is 9.89 Å². The monoisotopic (exact) mass is 221 g/mol. The van der Waals surface area contributed by atoms with Crippen molar-refractivity contribution >= 4 is 5.91 Å². The first kappa shape index (κ1) is 10.2. The van der Waals surface area contributed by atoms with Gasteiger partial charge in [0.05, 0.1) is 6.54 Å². The van der Waals surface area contributed by atoms with Crippen LogP contribution in [0.25, 0.3) is 0 Å². The summed E-state index contributed by atoms with van der Waals surface area (Å²) in [4.78, 5) is 18.7. The van der Waals surface area contributed by atoms with Crippen LogP contribution in [-0.2, 0) is 6.54 Å². The van der Waals surface area contributed by atoms with Crippen LogP contribution in [0, 0.1) is 5.95 Å². The molecule has 2 N–H and O–H groups in total. The van der Waals surface area contributed by atoms with Gasteiger partial charge in [0.2, 0.25) is 5.95 Å². The maximum atomic E-state index is 12.7. The molecule has 1 amide bonds. The third-order valence-corrected chi connectivity index (χ3v) is 1.87. The van der Waals surface area contributed by atoms with Gasteiger partial charge >= 0.3 is 0 Å². The van der Waals surface area contributed by atoms with Crippen molar-refractivity contribution in [3.63, 3.8) is 0 Å². The van der Waals surface area contributed by atoms with E-state index in [4.69, 9.17) is 0 Å². The van der Waals surface area contributed by atoms with Crippen LogP contribution in [0.3, 0.4) is 0 Å². The van der Waals surface area contributed by atoms with E-state index in [1.165, 1.54) is 18.6 Å². The molecule has 0 spiro atoms. The van der Waals surface area contributed by atoms with E-state index in [2.05, 4.69) is 25.5 Å². The molecule has 16 heavy (non-hydrogen) atoms. The molecule has 0 unspecified atom stereocenters. The Morgan fingerprint density at radius 1 is 1.50 bits per heavy atom. The zero-order chi connectivity index (χ0) is 11.4. The first-order valence-corrected chi connectivity index (χ1v) is 4.49. The van der Waals surface area contributed by atoms with Crippen LogP contribution in [-0.4, -0.2) is 26.1 Å². The molecule has 0 saturated heterocycles. The molecule has 0 radical (unpaired) electrons. The number of amides is 1. The SMILES string of the molecule is O=C(NCc1ncn[nH]1)c1ccnc(F)c1. The number of nitrogens with one attached hydrogen (secondary N) is 2. The van der Waals surface area contributed by atoms with Gasteiger partial charge in [0, 0.05) is 17.8 Å². The lowest BCUT2D eigenvalue weighted by Gasteiger charge is -2.02. The molecule has 0 aromatic carbocycles. The minimum Gasteiger partial charge on any atom is -0.345 e. The number of aromatic amines is 1. The normalized spacial score (nSPS) is 10.1. The van der Waals surface area contributed by atoms with E-state index in [0.29, 0.717) is 5.82 Å². The average molecular weight is 221 g/mol. The fraction of sp³-hybridized carbons (Fsp3) is 0.111. The topological polar surface area (TPSA) is 83.6 Å². The van der Waals surface area contributed by atoms with E-state index >= 15 is 0 Å². The lowest BCUT2D eigenvalue weighted by molar-refractivity contribution is 0.0949. The molecule has 2 heterocycles. The van der Waals surface area contributed by atoms with Gasteiger partial charge in [-0.25, -0.2) is 9.97 Å². The zero-order valence-corrected chi connectivity index (χ0v) is 8.14. The highest BCUT2D eigenvalue weighted by Gasteiger charge is 2.07. The molecule has 0 atom stereocenters. The third-order valence-electron chi connectivity index (χ3n) is 1.87. The number of hydrogen-bond donors (Lipinski definition) is 2. The van der Waals surface area contributed by atoms with Crippen molar-refractivity contribution < 1.29 is 9.18 Å². The van der Waals surface area contributed by atoms with Crippen LogP contribution in [0.5, 0.6) is 0 Å². The second kappa shape index (κ2) is 4.47. The summed E-state index contributed by atoms with van der Waals surface area (Å²) in [5, 5.41) is 8.78. The van der Waals surface area contributed by atoms with E-state index in [1.54, 1.807) is 0 Å². The fourth-order valence-electron chi connectivity index (χ4n) is 1.13. The van der Waals surface area contributed by atoms with Crippen molar-refractivity contribution in [2.45, 2.75) is 6.54 Å². The summed E-state index contributed by atoms with van der Waals surface area (Å²) in [6, 6.07) is 2.49. The van der Waals surface area contributed by atoms with Gasteiger partial charge < -0.3 is 5.32 Å². The Labute approximate surface area is 89.9 Å². The predicted octanol–water partition coefficient (Wildman–Crippen LogP) is 0.269. The summed E-state index contributed by atoms with van der Waals surface area (Å²) in [6.45, 7) is 0.211. The number of H-pyrrole nitrogens is 1. The number of aromatic nitrogens is 4. The predicted molar refractivity (Wildman–Crippen MR) is 51.7 cm³/mol. The summed E-state index contributed by atoms with van der Waals surface area (Å²) in [5.41, 5.74) is 0.215. The molecule has 82 valence electrons. The summed E-state index contributed by atoms with van der Waals surface area (Å²) < 4.78 is 12.7.